The van der Waals surface area contributed by atoms with Crippen molar-refractivity contribution in [1.29, 1.82) is 0 Å². The van der Waals surface area contributed by atoms with Gasteiger partial charge in [-0.25, -0.2) is 14.5 Å². The van der Waals surface area contributed by atoms with Gasteiger partial charge in [0.2, 0.25) is 0 Å². The smallest absolute Gasteiger partial charge is 0.196 e. The number of hydrogen-bond acceptors (Lipinski definition) is 4. The van der Waals surface area contributed by atoms with Gasteiger partial charge >= 0.3 is 0 Å². The zero-order valence-electron chi connectivity index (χ0n) is 5.10. The zero-order chi connectivity index (χ0) is 6.97. The molecule has 50 valence electrons. The summed E-state index contributed by atoms with van der Waals surface area (Å²) in [4.78, 5) is 7.69. The highest BCUT2D eigenvalue weighted by atomic mass is 15.3. The molecule has 0 unspecified atom stereocenters. The van der Waals surface area contributed by atoms with Gasteiger partial charge in [0.1, 0.15) is 6.33 Å². The van der Waals surface area contributed by atoms with Crippen molar-refractivity contribution in [2.24, 2.45) is 0 Å². The summed E-state index contributed by atoms with van der Waals surface area (Å²) in [6.45, 7) is 0. The van der Waals surface area contributed by atoms with Crippen molar-refractivity contribution in [3.8, 4) is 0 Å². The van der Waals surface area contributed by atoms with Crippen molar-refractivity contribution >= 4 is 11.5 Å². The first-order chi connectivity index (χ1) is 4.88. The summed E-state index contributed by atoms with van der Waals surface area (Å²) < 4.78 is 1.57. The minimum absolute atomic E-state index is 0.403. The molecule has 2 aromatic rings. The van der Waals surface area contributed by atoms with Crippen LogP contribution in [0.1, 0.15) is 0 Å². The van der Waals surface area contributed by atoms with Crippen molar-refractivity contribution in [2.45, 2.75) is 0 Å². The summed E-state index contributed by atoms with van der Waals surface area (Å²) in [5, 5.41) is 3.87. The molecule has 2 aromatic heterocycles. The maximum atomic E-state index is 5.47. The molecule has 0 bridgehead atoms. The van der Waals surface area contributed by atoms with E-state index in [1.54, 1.807) is 16.9 Å². The maximum Gasteiger partial charge on any atom is 0.196 e. The van der Waals surface area contributed by atoms with Crippen LogP contribution in [0.25, 0.3) is 5.65 Å². The van der Waals surface area contributed by atoms with Crippen molar-refractivity contribution in [3.05, 3.63) is 18.7 Å². The first-order valence-corrected chi connectivity index (χ1v) is 2.78. The second-order valence-corrected chi connectivity index (χ2v) is 1.84. The minimum Gasteiger partial charge on any atom is -0.381 e. The lowest BCUT2D eigenvalue weighted by atomic mass is 10.7. The SMILES string of the molecule is Nc1ncnn2ccnc12. The molecule has 10 heavy (non-hydrogen) atoms. The highest BCUT2D eigenvalue weighted by Crippen LogP contribution is 2.02. The quantitative estimate of drug-likeness (QED) is 0.538. The van der Waals surface area contributed by atoms with Gasteiger partial charge in [-0.05, 0) is 0 Å². The topological polar surface area (TPSA) is 69.1 Å². The lowest BCUT2D eigenvalue weighted by molar-refractivity contribution is 0.902. The summed E-state index contributed by atoms with van der Waals surface area (Å²) in [7, 11) is 0. The molecule has 2 heterocycles. The number of aromatic nitrogens is 4. The fourth-order valence-corrected chi connectivity index (χ4v) is 0.775. The average Bonchev–Trinajstić information content (AvgIpc) is 2.36. The van der Waals surface area contributed by atoms with Gasteiger partial charge < -0.3 is 5.73 Å². The number of nitrogens with zero attached hydrogens (tertiary/aromatic N) is 4. The molecule has 2 rings (SSSR count). The molecule has 0 spiro atoms. The highest BCUT2D eigenvalue weighted by Gasteiger charge is 1.97. The molecule has 0 aliphatic heterocycles. The van der Waals surface area contributed by atoms with Crippen LogP contribution in [0.2, 0.25) is 0 Å². The van der Waals surface area contributed by atoms with Gasteiger partial charge in [0, 0.05) is 12.4 Å². The summed E-state index contributed by atoms with van der Waals surface area (Å²) in [6.07, 6.45) is 4.73. The molecule has 0 saturated carbocycles. The summed E-state index contributed by atoms with van der Waals surface area (Å²) in [5.74, 6) is 0.403. The first-order valence-electron chi connectivity index (χ1n) is 2.78. The van der Waals surface area contributed by atoms with E-state index >= 15 is 0 Å². The fourth-order valence-electron chi connectivity index (χ4n) is 0.775. The van der Waals surface area contributed by atoms with Crippen LogP contribution >= 0.6 is 0 Å². The van der Waals surface area contributed by atoms with Gasteiger partial charge in [-0.2, -0.15) is 5.10 Å². The number of nitrogen functional groups attached to an aromatic ring is 1. The van der Waals surface area contributed by atoms with Crippen molar-refractivity contribution in [1.82, 2.24) is 19.6 Å². The Hall–Kier alpha value is -1.65. The van der Waals surface area contributed by atoms with Gasteiger partial charge in [0.15, 0.2) is 11.5 Å². The molecule has 0 atom stereocenters. The van der Waals surface area contributed by atoms with Gasteiger partial charge in [-0.1, -0.05) is 0 Å². The molecule has 0 amide bonds. The van der Waals surface area contributed by atoms with Gasteiger partial charge in [0.05, 0.1) is 0 Å². The van der Waals surface area contributed by atoms with Crippen molar-refractivity contribution in [2.75, 3.05) is 5.73 Å². The largest absolute Gasteiger partial charge is 0.381 e. The van der Waals surface area contributed by atoms with Crippen LogP contribution in [0.3, 0.4) is 0 Å². The number of hydrogen-bond donors (Lipinski definition) is 1. The molecule has 0 saturated heterocycles. The van der Waals surface area contributed by atoms with Crippen molar-refractivity contribution < 1.29 is 0 Å². The molecule has 5 heteroatoms. The fraction of sp³-hybridized carbons (Fsp3) is 0. The van der Waals surface area contributed by atoms with E-state index in [9.17, 15) is 0 Å². The van der Waals surface area contributed by atoms with E-state index < -0.39 is 0 Å². The average molecular weight is 135 g/mol. The normalized spacial score (nSPS) is 10.4. The van der Waals surface area contributed by atoms with Gasteiger partial charge in [-0.15, -0.1) is 0 Å². The van der Waals surface area contributed by atoms with Crippen LogP contribution < -0.4 is 5.73 Å². The summed E-state index contributed by atoms with van der Waals surface area (Å²) in [5.41, 5.74) is 6.07. The first kappa shape index (κ1) is 5.16. The predicted octanol–water partition coefficient (Wildman–Crippen LogP) is -0.294. The van der Waals surface area contributed by atoms with Crippen LogP contribution in [0.5, 0.6) is 0 Å². The van der Waals surface area contributed by atoms with Crippen molar-refractivity contribution in [3.63, 3.8) is 0 Å². The monoisotopic (exact) mass is 135 g/mol. The second kappa shape index (κ2) is 1.66. The standard InChI is InChI=1S/C5H5N5/c6-4-5-7-1-2-10(5)9-3-8-4/h1-3H,(H2,6,8,9). The summed E-state index contributed by atoms with van der Waals surface area (Å²) in [6, 6.07) is 0. The number of anilines is 1. The van der Waals surface area contributed by atoms with Crippen LogP contribution in [0.4, 0.5) is 5.82 Å². The third-order valence-electron chi connectivity index (χ3n) is 1.22. The molecule has 0 radical (unpaired) electrons. The van der Waals surface area contributed by atoms with E-state index in [1.807, 2.05) is 0 Å². The third kappa shape index (κ3) is 0.540. The highest BCUT2D eigenvalue weighted by molar-refractivity contribution is 5.57. The number of rotatable bonds is 0. The Bertz CT molecular complexity index is 352. The number of fused-ring (bicyclic) bond motifs is 1. The Kier molecular flexibility index (Phi) is 0.858. The lowest BCUT2D eigenvalue weighted by Gasteiger charge is -1.91. The van der Waals surface area contributed by atoms with Gasteiger partial charge in [0.25, 0.3) is 0 Å². The molecule has 0 fully saturated rings. The second-order valence-electron chi connectivity index (χ2n) is 1.84. The van der Waals surface area contributed by atoms with Crippen LogP contribution in [-0.2, 0) is 0 Å². The molecule has 0 aromatic carbocycles. The van der Waals surface area contributed by atoms with Gasteiger partial charge in [-0.3, -0.25) is 0 Å². The van der Waals surface area contributed by atoms with Crippen LogP contribution in [0, 0.1) is 0 Å². The Morgan fingerprint density at radius 3 is 3.10 bits per heavy atom. The molecule has 2 N–H and O–H groups in total. The van der Waals surface area contributed by atoms with E-state index in [4.69, 9.17) is 5.73 Å². The molecule has 5 nitrogen and oxygen atoms in total. The molecule has 0 aliphatic carbocycles. The number of nitrogens with two attached hydrogens (primary N) is 1. The summed E-state index contributed by atoms with van der Waals surface area (Å²) >= 11 is 0. The van der Waals surface area contributed by atoms with E-state index in [0.717, 1.165) is 0 Å². The Morgan fingerprint density at radius 1 is 1.40 bits per heavy atom. The molecular formula is C5H5N5. The Labute approximate surface area is 56.5 Å². The van der Waals surface area contributed by atoms with E-state index in [-0.39, 0.29) is 0 Å². The van der Waals surface area contributed by atoms with E-state index in [2.05, 4.69) is 15.1 Å². The maximum absolute atomic E-state index is 5.47. The number of imidazole rings is 1. The lowest BCUT2D eigenvalue weighted by Crippen LogP contribution is -1.98. The Balaban J connectivity index is 2.95. The van der Waals surface area contributed by atoms with E-state index in [0.29, 0.717) is 11.5 Å². The van der Waals surface area contributed by atoms with Crippen LogP contribution in [0.15, 0.2) is 18.7 Å². The molecule has 0 aliphatic rings. The predicted molar refractivity (Wildman–Crippen MR) is 35.2 cm³/mol. The van der Waals surface area contributed by atoms with E-state index in [1.165, 1.54) is 6.33 Å². The van der Waals surface area contributed by atoms with Crippen LogP contribution in [-0.4, -0.2) is 19.6 Å². The minimum atomic E-state index is 0.403. The zero-order valence-corrected chi connectivity index (χ0v) is 5.10. The molecular weight excluding hydrogens is 130 g/mol. The third-order valence-corrected chi connectivity index (χ3v) is 1.22. The Morgan fingerprint density at radius 2 is 2.30 bits per heavy atom.